The third-order valence-corrected chi connectivity index (χ3v) is 5.34. The van der Waals surface area contributed by atoms with Crippen molar-refractivity contribution in [1.82, 2.24) is 9.62 Å². The maximum absolute atomic E-state index is 12.8. The van der Waals surface area contributed by atoms with Gasteiger partial charge in [-0.3, -0.25) is 4.79 Å². The lowest BCUT2D eigenvalue weighted by Gasteiger charge is -2.38. The van der Waals surface area contributed by atoms with E-state index in [1.54, 1.807) is 11.8 Å². The first-order chi connectivity index (χ1) is 10.3. The van der Waals surface area contributed by atoms with Crippen molar-refractivity contribution in [3.05, 3.63) is 17.4 Å². The van der Waals surface area contributed by atoms with E-state index in [4.69, 9.17) is 10.2 Å². The van der Waals surface area contributed by atoms with Gasteiger partial charge in [0.15, 0.2) is 0 Å². The van der Waals surface area contributed by atoms with Gasteiger partial charge >= 0.3 is 0 Å². The van der Waals surface area contributed by atoms with Gasteiger partial charge in [-0.15, -0.1) is 0 Å². The molecule has 2 rings (SSSR count). The van der Waals surface area contributed by atoms with Crippen molar-refractivity contribution in [2.24, 2.45) is 5.73 Å². The van der Waals surface area contributed by atoms with Crippen molar-refractivity contribution in [2.75, 3.05) is 13.6 Å². The number of carbonyl (C=O) groups excluding carboxylic acids is 1. The number of nitrogens with zero attached hydrogens (tertiary/aromatic N) is 1. The van der Waals surface area contributed by atoms with Gasteiger partial charge in [-0.2, -0.15) is 0 Å². The summed E-state index contributed by atoms with van der Waals surface area (Å²) in [5.41, 5.74) is 6.26. The Morgan fingerprint density at radius 1 is 1.50 bits per heavy atom. The van der Waals surface area contributed by atoms with Crippen LogP contribution < -0.4 is 10.5 Å². The molecule has 1 aliphatic heterocycles. The average Bonchev–Trinajstić information content (AvgIpc) is 2.89. The zero-order chi connectivity index (χ0) is 16.5. The van der Waals surface area contributed by atoms with Gasteiger partial charge in [0.2, 0.25) is 5.09 Å². The summed E-state index contributed by atoms with van der Waals surface area (Å²) in [4.78, 5) is 14.5. The topological polar surface area (TPSA) is 106 Å². The van der Waals surface area contributed by atoms with Gasteiger partial charge in [0, 0.05) is 24.7 Å². The maximum Gasteiger partial charge on any atom is 0.273 e. The van der Waals surface area contributed by atoms with Crippen molar-refractivity contribution in [2.45, 2.75) is 50.3 Å². The summed E-state index contributed by atoms with van der Waals surface area (Å²) >= 11 is 0. The fourth-order valence-corrected chi connectivity index (χ4v) is 3.52. The lowest BCUT2D eigenvalue weighted by molar-refractivity contribution is 0.0582. The number of carbonyl (C=O) groups is 1. The van der Waals surface area contributed by atoms with Crippen LogP contribution in [0.2, 0.25) is 0 Å². The van der Waals surface area contributed by atoms with E-state index in [0.29, 0.717) is 12.3 Å². The fraction of sp³-hybridized carbons (Fsp3) is 0.643. The molecule has 7 nitrogen and oxygen atoms in total. The van der Waals surface area contributed by atoms with E-state index in [-0.39, 0.29) is 28.6 Å². The SMILES string of the molecule is CNS(=O)(=O)c1cc(C(=O)N2CCCCC2C(C)N)c(C)o1. The number of furan rings is 1. The smallest absolute Gasteiger partial charge is 0.273 e. The molecule has 8 heteroatoms. The standard InChI is InChI=1S/C14H23N3O4S/c1-9(15)12-6-4-5-7-17(12)14(18)11-8-13(21-10(11)2)22(19,20)16-3/h8-9,12,16H,4-7,15H2,1-3H3. The van der Waals surface area contributed by atoms with Gasteiger partial charge in [-0.25, -0.2) is 13.1 Å². The Morgan fingerprint density at radius 2 is 2.18 bits per heavy atom. The molecular formula is C14H23N3O4S. The van der Waals surface area contributed by atoms with Crippen LogP contribution in [0, 0.1) is 6.92 Å². The molecule has 1 aliphatic rings. The van der Waals surface area contributed by atoms with Gasteiger partial charge < -0.3 is 15.1 Å². The normalized spacial score (nSPS) is 20.9. The number of sulfonamides is 1. The van der Waals surface area contributed by atoms with Crippen molar-refractivity contribution in [3.8, 4) is 0 Å². The van der Waals surface area contributed by atoms with Crippen LogP contribution in [0.25, 0.3) is 0 Å². The predicted molar refractivity (Wildman–Crippen MR) is 82.0 cm³/mol. The minimum Gasteiger partial charge on any atom is -0.448 e. The highest BCUT2D eigenvalue weighted by atomic mass is 32.2. The zero-order valence-electron chi connectivity index (χ0n) is 13.1. The Kier molecular flexibility index (Phi) is 4.93. The molecule has 0 saturated carbocycles. The molecule has 2 atom stereocenters. The number of nitrogens with one attached hydrogen (secondary N) is 1. The van der Waals surface area contributed by atoms with E-state index in [1.165, 1.54) is 13.1 Å². The Morgan fingerprint density at radius 3 is 2.77 bits per heavy atom. The highest BCUT2D eigenvalue weighted by molar-refractivity contribution is 7.89. The number of hydrogen-bond acceptors (Lipinski definition) is 5. The summed E-state index contributed by atoms with van der Waals surface area (Å²) in [5.74, 6) is 0.0774. The van der Waals surface area contributed by atoms with E-state index in [0.717, 1.165) is 19.3 Å². The quantitative estimate of drug-likeness (QED) is 0.851. The van der Waals surface area contributed by atoms with Gasteiger partial charge in [-0.05, 0) is 40.2 Å². The first kappa shape index (κ1) is 17.0. The number of aryl methyl sites for hydroxylation is 1. The number of nitrogens with two attached hydrogens (primary N) is 1. The molecule has 0 spiro atoms. The molecule has 124 valence electrons. The number of piperidine rings is 1. The van der Waals surface area contributed by atoms with Gasteiger partial charge in [0.25, 0.3) is 15.9 Å². The highest BCUT2D eigenvalue weighted by Crippen LogP contribution is 2.25. The first-order valence-corrected chi connectivity index (χ1v) is 8.86. The summed E-state index contributed by atoms with van der Waals surface area (Å²) < 4.78 is 31.0. The molecule has 1 fully saturated rings. The second-order valence-electron chi connectivity index (χ2n) is 5.66. The van der Waals surface area contributed by atoms with Gasteiger partial charge in [0.1, 0.15) is 5.76 Å². The minimum atomic E-state index is -3.71. The highest BCUT2D eigenvalue weighted by Gasteiger charge is 2.32. The largest absolute Gasteiger partial charge is 0.448 e. The molecular weight excluding hydrogens is 306 g/mol. The van der Waals surface area contributed by atoms with E-state index in [2.05, 4.69) is 4.72 Å². The molecule has 0 aliphatic carbocycles. The number of amides is 1. The zero-order valence-corrected chi connectivity index (χ0v) is 13.9. The monoisotopic (exact) mass is 329 g/mol. The van der Waals surface area contributed by atoms with E-state index in [9.17, 15) is 13.2 Å². The van der Waals surface area contributed by atoms with Gasteiger partial charge in [0.05, 0.1) is 5.56 Å². The lowest BCUT2D eigenvalue weighted by atomic mass is 9.96. The molecule has 1 saturated heterocycles. The van der Waals surface area contributed by atoms with Crippen molar-refractivity contribution < 1.29 is 17.6 Å². The molecule has 0 bridgehead atoms. The molecule has 22 heavy (non-hydrogen) atoms. The number of likely N-dealkylation sites (tertiary alicyclic amines) is 1. The molecule has 2 heterocycles. The lowest BCUT2D eigenvalue weighted by Crippen LogP contribution is -2.51. The van der Waals surface area contributed by atoms with Crippen molar-refractivity contribution in [1.29, 1.82) is 0 Å². The van der Waals surface area contributed by atoms with Crippen LogP contribution in [-0.4, -0.2) is 44.9 Å². The summed E-state index contributed by atoms with van der Waals surface area (Å²) in [6.07, 6.45) is 2.83. The van der Waals surface area contributed by atoms with Crippen LogP contribution in [-0.2, 0) is 10.0 Å². The number of hydrogen-bond donors (Lipinski definition) is 2. The molecule has 0 radical (unpaired) electrons. The molecule has 1 aromatic heterocycles. The summed E-state index contributed by atoms with van der Waals surface area (Å²) in [6.45, 7) is 4.10. The molecule has 1 aromatic rings. The molecule has 2 unspecified atom stereocenters. The Bertz CT molecular complexity index is 651. The van der Waals surface area contributed by atoms with E-state index >= 15 is 0 Å². The summed E-state index contributed by atoms with van der Waals surface area (Å²) in [7, 11) is -2.41. The molecule has 1 amide bonds. The van der Waals surface area contributed by atoms with E-state index in [1.807, 2.05) is 6.92 Å². The van der Waals surface area contributed by atoms with Crippen LogP contribution in [0.1, 0.15) is 42.3 Å². The molecule has 0 aromatic carbocycles. The minimum absolute atomic E-state index is 0.0279. The average molecular weight is 329 g/mol. The Balaban J connectivity index is 2.33. The van der Waals surface area contributed by atoms with E-state index < -0.39 is 10.0 Å². The van der Waals surface area contributed by atoms with Crippen LogP contribution in [0.5, 0.6) is 0 Å². The van der Waals surface area contributed by atoms with Crippen LogP contribution >= 0.6 is 0 Å². The van der Waals surface area contributed by atoms with Crippen molar-refractivity contribution >= 4 is 15.9 Å². The summed E-state index contributed by atoms with van der Waals surface area (Å²) in [5, 5.41) is -0.245. The first-order valence-electron chi connectivity index (χ1n) is 7.38. The molecule has 3 N–H and O–H groups in total. The Labute approximate surface area is 130 Å². The number of rotatable bonds is 4. The van der Waals surface area contributed by atoms with Crippen LogP contribution in [0.15, 0.2) is 15.6 Å². The maximum atomic E-state index is 12.8. The third kappa shape index (κ3) is 3.18. The predicted octanol–water partition coefficient (Wildman–Crippen LogP) is 0.838. The third-order valence-electron chi connectivity index (χ3n) is 4.08. The van der Waals surface area contributed by atoms with Crippen molar-refractivity contribution in [3.63, 3.8) is 0 Å². The second-order valence-corrected chi connectivity index (χ2v) is 7.48. The summed E-state index contributed by atoms with van der Waals surface area (Å²) in [6, 6.07) is 1.13. The van der Waals surface area contributed by atoms with Gasteiger partial charge in [-0.1, -0.05) is 0 Å². The second kappa shape index (κ2) is 6.39. The van der Waals surface area contributed by atoms with Crippen LogP contribution in [0.3, 0.4) is 0 Å². The fourth-order valence-electron chi connectivity index (χ4n) is 2.81. The van der Waals surface area contributed by atoms with Crippen LogP contribution in [0.4, 0.5) is 0 Å². The Hall–Kier alpha value is -1.38.